The molecule has 122 valence electrons. The number of furan rings is 1. The van der Waals surface area contributed by atoms with Gasteiger partial charge in [0.2, 0.25) is 0 Å². The van der Waals surface area contributed by atoms with Crippen molar-refractivity contribution in [3.8, 4) is 11.5 Å². The van der Waals surface area contributed by atoms with Gasteiger partial charge in [-0.1, -0.05) is 0 Å². The minimum Gasteiger partial charge on any atom is -0.497 e. The molecule has 1 saturated heterocycles. The number of nitrogens with zero attached hydrogens (tertiary/aromatic N) is 1. The van der Waals surface area contributed by atoms with Crippen molar-refractivity contribution in [3.05, 3.63) is 48.4 Å². The van der Waals surface area contributed by atoms with Crippen LogP contribution in [0.1, 0.15) is 10.4 Å². The molecule has 6 nitrogen and oxygen atoms in total. The van der Waals surface area contributed by atoms with Crippen molar-refractivity contribution in [1.82, 2.24) is 4.90 Å². The summed E-state index contributed by atoms with van der Waals surface area (Å²) in [7, 11) is 1.62. The number of rotatable bonds is 5. The predicted molar refractivity (Wildman–Crippen MR) is 82.8 cm³/mol. The molecule has 6 heteroatoms. The van der Waals surface area contributed by atoms with Crippen molar-refractivity contribution in [3.63, 3.8) is 0 Å². The first-order valence-corrected chi connectivity index (χ1v) is 7.46. The lowest BCUT2D eigenvalue weighted by atomic mass is 10.2. The Bertz CT molecular complexity index is 623. The lowest BCUT2D eigenvalue weighted by Gasteiger charge is -2.32. The van der Waals surface area contributed by atoms with Crippen molar-refractivity contribution < 1.29 is 23.4 Å². The monoisotopic (exact) mass is 317 g/mol. The summed E-state index contributed by atoms with van der Waals surface area (Å²) in [5.41, 5.74) is 0.557. The van der Waals surface area contributed by atoms with E-state index in [0.29, 0.717) is 31.9 Å². The molecular formula is C17H19NO5. The molecule has 23 heavy (non-hydrogen) atoms. The van der Waals surface area contributed by atoms with Crippen molar-refractivity contribution >= 4 is 5.91 Å². The average Bonchev–Trinajstić information content (AvgIpc) is 3.14. The molecule has 1 atom stereocenters. The van der Waals surface area contributed by atoms with Crippen LogP contribution in [0.2, 0.25) is 0 Å². The van der Waals surface area contributed by atoms with Crippen LogP contribution in [-0.4, -0.2) is 50.3 Å². The van der Waals surface area contributed by atoms with E-state index in [2.05, 4.69) is 0 Å². The van der Waals surface area contributed by atoms with Crippen LogP contribution >= 0.6 is 0 Å². The third kappa shape index (κ3) is 3.84. The van der Waals surface area contributed by atoms with Crippen LogP contribution in [-0.2, 0) is 4.74 Å². The minimum atomic E-state index is -0.151. The second-order valence-electron chi connectivity index (χ2n) is 5.24. The number of carbonyl (C=O) groups is 1. The van der Waals surface area contributed by atoms with Gasteiger partial charge in [-0.25, -0.2) is 0 Å². The third-order valence-corrected chi connectivity index (χ3v) is 3.69. The Kier molecular flexibility index (Phi) is 4.83. The average molecular weight is 317 g/mol. The molecule has 0 spiro atoms. The van der Waals surface area contributed by atoms with E-state index in [-0.39, 0.29) is 12.0 Å². The summed E-state index contributed by atoms with van der Waals surface area (Å²) in [5.74, 6) is 1.48. The van der Waals surface area contributed by atoms with Crippen LogP contribution in [0.3, 0.4) is 0 Å². The van der Waals surface area contributed by atoms with E-state index >= 15 is 0 Å². The van der Waals surface area contributed by atoms with E-state index in [1.807, 2.05) is 24.3 Å². The molecule has 1 unspecified atom stereocenters. The normalized spacial score (nSPS) is 17.8. The number of hydrogen-bond acceptors (Lipinski definition) is 5. The molecule has 0 radical (unpaired) electrons. The molecular weight excluding hydrogens is 298 g/mol. The Morgan fingerprint density at radius 1 is 1.26 bits per heavy atom. The van der Waals surface area contributed by atoms with Gasteiger partial charge >= 0.3 is 0 Å². The molecule has 3 rings (SSSR count). The zero-order chi connectivity index (χ0) is 16.1. The molecule has 1 aromatic heterocycles. The number of benzene rings is 1. The summed E-state index contributed by atoms with van der Waals surface area (Å²) >= 11 is 0. The molecule has 0 bridgehead atoms. The van der Waals surface area contributed by atoms with Gasteiger partial charge in [-0.05, 0) is 30.3 Å². The first kappa shape index (κ1) is 15.4. The highest BCUT2D eigenvalue weighted by molar-refractivity contribution is 5.93. The highest BCUT2D eigenvalue weighted by Gasteiger charge is 2.26. The van der Waals surface area contributed by atoms with Gasteiger partial charge in [-0.2, -0.15) is 0 Å². The van der Waals surface area contributed by atoms with Gasteiger partial charge < -0.3 is 23.5 Å². The van der Waals surface area contributed by atoms with Crippen molar-refractivity contribution in [2.24, 2.45) is 0 Å². The van der Waals surface area contributed by atoms with Gasteiger partial charge in [-0.15, -0.1) is 0 Å². The topological polar surface area (TPSA) is 61.1 Å². The molecule has 0 N–H and O–H groups in total. The maximum absolute atomic E-state index is 12.3. The van der Waals surface area contributed by atoms with E-state index in [9.17, 15) is 4.79 Å². The summed E-state index contributed by atoms with van der Waals surface area (Å²) in [6.45, 7) is 1.96. The van der Waals surface area contributed by atoms with Gasteiger partial charge in [0.05, 0.1) is 32.1 Å². The summed E-state index contributed by atoms with van der Waals surface area (Å²) in [6.07, 6.45) is 2.81. The Hall–Kier alpha value is -2.47. The fourth-order valence-corrected chi connectivity index (χ4v) is 2.43. The lowest BCUT2D eigenvalue weighted by Crippen LogP contribution is -2.47. The second kappa shape index (κ2) is 7.19. The van der Waals surface area contributed by atoms with E-state index in [1.165, 1.54) is 12.5 Å². The van der Waals surface area contributed by atoms with Gasteiger partial charge in [0.1, 0.15) is 30.5 Å². The van der Waals surface area contributed by atoms with Crippen LogP contribution in [0.15, 0.2) is 47.3 Å². The van der Waals surface area contributed by atoms with Crippen LogP contribution in [0.25, 0.3) is 0 Å². The van der Waals surface area contributed by atoms with Crippen LogP contribution in [0.4, 0.5) is 0 Å². The van der Waals surface area contributed by atoms with Gasteiger partial charge in [0.15, 0.2) is 0 Å². The smallest absolute Gasteiger partial charge is 0.257 e. The highest BCUT2D eigenvalue weighted by atomic mass is 16.5. The third-order valence-electron chi connectivity index (χ3n) is 3.69. The Morgan fingerprint density at radius 2 is 2.04 bits per heavy atom. The molecule has 1 amide bonds. The van der Waals surface area contributed by atoms with Gasteiger partial charge in [-0.3, -0.25) is 4.79 Å². The SMILES string of the molecule is COc1ccc(OCC2CN(C(=O)c3ccoc3)CCO2)cc1. The largest absolute Gasteiger partial charge is 0.497 e. The van der Waals surface area contributed by atoms with Gasteiger partial charge in [0, 0.05) is 6.54 Å². The second-order valence-corrected chi connectivity index (χ2v) is 5.24. The summed E-state index contributed by atoms with van der Waals surface area (Å²) in [4.78, 5) is 14.1. The molecule has 1 aliphatic rings. The van der Waals surface area contributed by atoms with Gasteiger partial charge in [0.25, 0.3) is 5.91 Å². The molecule has 1 fully saturated rings. The molecule has 1 aromatic carbocycles. The molecule has 0 saturated carbocycles. The lowest BCUT2D eigenvalue weighted by molar-refractivity contribution is -0.0401. The fraction of sp³-hybridized carbons (Fsp3) is 0.353. The Balaban J connectivity index is 1.53. The predicted octanol–water partition coefficient (Wildman–Crippen LogP) is 2.21. The number of ether oxygens (including phenoxy) is 3. The summed E-state index contributed by atoms with van der Waals surface area (Å²) < 4.78 is 21.5. The highest BCUT2D eigenvalue weighted by Crippen LogP contribution is 2.18. The number of carbonyl (C=O) groups excluding carboxylic acids is 1. The van der Waals surface area contributed by atoms with Crippen molar-refractivity contribution in [2.45, 2.75) is 6.10 Å². The zero-order valence-corrected chi connectivity index (χ0v) is 12.9. The van der Waals surface area contributed by atoms with E-state index in [1.54, 1.807) is 18.1 Å². The van der Waals surface area contributed by atoms with E-state index in [0.717, 1.165) is 11.5 Å². The number of hydrogen-bond donors (Lipinski definition) is 0. The number of methoxy groups -OCH3 is 1. The number of amides is 1. The first-order chi connectivity index (χ1) is 11.3. The van der Waals surface area contributed by atoms with Crippen LogP contribution in [0.5, 0.6) is 11.5 Å². The minimum absolute atomic E-state index is 0.0449. The summed E-state index contributed by atoms with van der Waals surface area (Å²) in [6, 6.07) is 9.03. The van der Waals surface area contributed by atoms with E-state index < -0.39 is 0 Å². The quantitative estimate of drug-likeness (QED) is 0.846. The zero-order valence-electron chi connectivity index (χ0n) is 12.9. The standard InChI is InChI=1S/C17H19NO5/c1-20-14-2-4-15(5-3-14)23-12-16-10-18(7-9-22-16)17(19)13-6-8-21-11-13/h2-6,8,11,16H,7,9-10,12H2,1H3. The Labute approximate surface area is 134 Å². The first-order valence-electron chi connectivity index (χ1n) is 7.46. The molecule has 0 aliphatic carbocycles. The van der Waals surface area contributed by atoms with Crippen LogP contribution < -0.4 is 9.47 Å². The van der Waals surface area contributed by atoms with Crippen molar-refractivity contribution in [1.29, 1.82) is 0 Å². The molecule has 2 heterocycles. The maximum atomic E-state index is 12.3. The molecule has 2 aromatic rings. The molecule has 1 aliphatic heterocycles. The van der Waals surface area contributed by atoms with Crippen molar-refractivity contribution in [2.75, 3.05) is 33.4 Å². The number of morpholine rings is 1. The summed E-state index contributed by atoms with van der Waals surface area (Å²) in [5, 5.41) is 0. The van der Waals surface area contributed by atoms with E-state index in [4.69, 9.17) is 18.6 Å². The Morgan fingerprint density at radius 3 is 2.74 bits per heavy atom. The maximum Gasteiger partial charge on any atom is 0.257 e. The van der Waals surface area contributed by atoms with Crippen LogP contribution in [0, 0.1) is 0 Å². The fourth-order valence-electron chi connectivity index (χ4n) is 2.43.